The number of rotatable bonds is 6. The second kappa shape index (κ2) is 6.91. The Labute approximate surface area is 109 Å². The maximum Gasteiger partial charge on any atom is 0.394 e. The lowest BCUT2D eigenvalue weighted by molar-refractivity contribution is -0.151. The number of nitrogens with one attached hydrogen (secondary N) is 2. The minimum absolute atomic E-state index is 0.0136. The van der Waals surface area contributed by atoms with Crippen LogP contribution in [0.4, 0.5) is 0 Å². The maximum atomic E-state index is 10.8. The summed E-state index contributed by atoms with van der Waals surface area (Å²) < 4.78 is 0. The Morgan fingerprint density at radius 3 is 2.67 bits per heavy atom. The standard InChI is InChI=1S/C8H9N3O5S2/c12-5(7(15)16)11-4(6(13)14)3-17-18-8-9-1-2-10-8/h1-2,4H,3H2,(H,9,10)(H,11,12)(H,13,14)(H,15,16)/t4-/m0/s1. The highest BCUT2D eigenvalue weighted by molar-refractivity contribution is 8.76. The normalized spacial score (nSPS) is 11.8. The first-order chi connectivity index (χ1) is 8.50. The summed E-state index contributed by atoms with van der Waals surface area (Å²) in [6, 6.07) is -1.26. The van der Waals surface area contributed by atoms with Crippen LogP contribution >= 0.6 is 21.6 Å². The number of carbonyl (C=O) groups excluding carboxylic acids is 1. The van der Waals surface area contributed by atoms with E-state index in [0.29, 0.717) is 5.16 Å². The summed E-state index contributed by atoms with van der Waals surface area (Å²) in [7, 11) is 2.33. The highest BCUT2D eigenvalue weighted by Crippen LogP contribution is 2.28. The average Bonchev–Trinajstić information content (AvgIpc) is 2.80. The Balaban J connectivity index is 2.41. The van der Waals surface area contributed by atoms with Crippen LogP contribution in [-0.2, 0) is 14.4 Å². The Morgan fingerprint density at radius 1 is 1.44 bits per heavy atom. The maximum absolute atomic E-state index is 10.8. The number of aromatic amines is 1. The van der Waals surface area contributed by atoms with Gasteiger partial charge in [0.05, 0.1) is 0 Å². The summed E-state index contributed by atoms with van der Waals surface area (Å²) in [4.78, 5) is 38.6. The van der Waals surface area contributed by atoms with E-state index in [0.717, 1.165) is 10.8 Å². The van der Waals surface area contributed by atoms with E-state index in [-0.39, 0.29) is 5.75 Å². The largest absolute Gasteiger partial charge is 0.480 e. The van der Waals surface area contributed by atoms with Gasteiger partial charge >= 0.3 is 17.8 Å². The number of aliphatic carboxylic acids is 2. The van der Waals surface area contributed by atoms with Crippen LogP contribution in [0.25, 0.3) is 0 Å². The van der Waals surface area contributed by atoms with Crippen molar-refractivity contribution in [2.75, 3.05) is 5.75 Å². The SMILES string of the molecule is O=C(O)C(=O)N[C@@H](CSSc1ncc[nH]1)C(=O)O. The highest BCUT2D eigenvalue weighted by Gasteiger charge is 2.23. The van der Waals surface area contributed by atoms with Crippen LogP contribution in [-0.4, -0.2) is 49.8 Å². The van der Waals surface area contributed by atoms with Gasteiger partial charge in [0.25, 0.3) is 0 Å². The zero-order valence-electron chi connectivity index (χ0n) is 8.82. The molecule has 10 heteroatoms. The van der Waals surface area contributed by atoms with Crippen molar-refractivity contribution in [3.63, 3.8) is 0 Å². The summed E-state index contributed by atoms with van der Waals surface area (Å²) in [6.45, 7) is 0. The number of nitrogens with zero attached hydrogens (tertiary/aromatic N) is 1. The zero-order valence-corrected chi connectivity index (χ0v) is 10.5. The summed E-state index contributed by atoms with van der Waals surface area (Å²) in [6.07, 6.45) is 3.16. The number of carboxylic acid groups (broad SMARTS) is 2. The van der Waals surface area contributed by atoms with Gasteiger partial charge in [-0.15, -0.1) is 0 Å². The molecule has 1 rings (SSSR count). The van der Waals surface area contributed by atoms with E-state index >= 15 is 0 Å². The lowest BCUT2D eigenvalue weighted by Crippen LogP contribution is -2.45. The van der Waals surface area contributed by atoms with Crippen molar-refractivity contribution in [1.29, 1.82) is 0 Å². The first-order valence-corrected chi connectivity index (χ1v) is 6.88. The van der Waals surface area contributed by atoms with Gasteiger partial charge in [0.2, 0.25) is 0 Å². The number of H-pyrrole nitrogens is 1. The minimum atomic E-state index is -1.72. The van der Waals surface area contributed by atoms with Crippen LogP contribution in [0.5, 0.6) is 0 Å². The Hall–Kier alpha value is -1.68. The summed E-state index contributed by atoms with van der Waals surface area (Å²) in [5, 5.41) is 19.6. The van der Waals surface area contributed by atoms with Crippen molar-refractivity contribution in [2.24, 2.45) is 0 Å². The fourth-order valence-corrected chi connectivity index (χ4v) is 2.83. The lowest BCUT2D eigenvalue weighted by Gasteiger charge is -2.11. The highest BCUT2D eigenvalue weighted by atomic mass is 33.1. The molecular formula is C8H9N3O5S2. The quantitative estimate of drug-likeness (QED) is 0.418. The van der Waals surface area contributed by atoms with Crippen molar-refractivity contribution in [1.82, 2.24) is 15.3 Å². The molecule has 1 amide bonds. The van der Waals surface area contributed by atoms with E-state index in [9.17, 15) is 14.4 Å². The molecule has 0 aliphatic carbocycles. The van der Waals surface area contributed by atoms with Crippen LogP contribution in [0.15, 0.2) is 17.6 Å². The third-order valence-electron chi connectivity index (χ3n) is 1.64. The number of aromatic nitrogens is 2. The van der Waals surface area contributed by atoms with Crippen LogP contribution < -0.4 is 5.32 Å². The molecule has 0 aliphatic heterocycles. The van der Waals surface area contributed by atoms with Crippen LogP contribution in [0.1, 0.15) is 0 Å². The molecule has 18 heavy (non-hydrogen) atoms. The first kappa shape index (κ1) is 14.4. The molecule has 1 aromatic rings. The van der Waals surface area contributed by atoms with Crippen molar-refractivity contribution < 1.29 is 24.6 Å². The van der Waals surface area contributed by atoms with E-state index < -0.39 is 23.9 Å². The Kier molecular flexibility index (Phi) is 5.52. The molecule has 0 saturated heterocycles. The average molecular weight is 291 g/mol. The van der Waals surface area contributed by atoms with Gasteiger partial charge in [0.15, 0.2) is 5.16 Å². The zero-order chi connectivity index (χ0) is 13.5. The summed E-state index contributed by atoms with van der Waals surface area (Å²) in [5.41, 5.74) is 0. The summed E-state index contributed by atoms with van der Waals surface area (Å²) >= 11 is 0. The van der Waals surface area contributed by atoms with Crippen LogP contribution in [0, 0.1) is 0 Å². The molecule has 0 aliphatic rings. The molecule has 0 aromatic carbocycles. The van der Waals surface area contributed by atoms with Crippen molar-refractivity contribution >= 4 is 39.4 Å². The van der Waals surface area contributed by atoms with Crippen molar-refractivity contribution in [2.45, 2.75) is 11.2 Å². The molecule has 8 nitrogen and oxygen atoms in total. The number of imidazole rings is 1. The summed E-state index contributed by atoms with van der Waals surface area (Å²) in [5.74, 6) is -4.34. The number of hydrogen-bond donors (Lipinski definition) is 4. The predicted octanol–water partition coefficient (Wildman–Crippen LogP) is -0.196. The van der Waals surface area contributed by atoms with Gasteiger partial charge in [0.1, 0.15) is 6.04 Å². The molecule has 0 saturated carbocycles. The van der Waals surface area contributed by atoms with Gasteiger partial charge in [0, 0.05) is 18.1 Å². The fourth-order valence-electron chi connectivity index (χ4n) is 0.849. The molecule has 1 heterocycles. The van der Waals surface area contributed by atoms with Gasteiger partial charge < -0.3 is 20.5 Å². The van der Waals surface area contributed by atoms with Gasteiger partial charge in [-0.25, -0.2) is 14.6 Å². The number of amides is 1. The second-order valence-electron chi connectivity index (χ2n) is 2.93. The van der Waals surface area contributed by atoms with Gasteiger partial charge in [-0.2, -0.15) is 0 Å². The van der Waals surface area contributed by atoms with Crippen LogP contribution in [0.2, 0.25) is 0 Å². The molecule has 4 N–H and O–H groups in total. The molecule has 0 fully saturated rings. The molecule has 0 unspecified atom stereocenters. The van der Waals surface area contributed by atoms with E-state index in [1.54, 1.807) is 12.4 Å². The Bertz CT molecular complexity index is 436. The monoisotopic (exact) mass is 291 g/mol. The van der Waals surface area contributed by atoms with E-state index in [1.165, 1.54) is 10.8 Å². The van der Waals surface area contributed by atoms with Gasteiger partial charge in [-0.1, -0.05) is 10.8 Å². The van der Waals surface area contributed by atoms with Gasteiger partial charge in [-0.05, 0) is 10.8 Å². The molecule has 98 valence electrons. The molecule has 0 radical (unpaired) electrons. The predicted molar refractivity (Wildman–Crippen MR) is 64.1 cm³/mol. The van der Waals surface area contributed by atoms with Crippen molar-refractivity contribution in [3.05, 3.63) is 12.4 Å². The van der Waals surface area contributed by atoms with E-state index in [4.69, 9.17) is 10.2 Å². The molecular weight excluding hydrogens is 282 g/mol. The fraction of sp³-hybridized carbons (Fsp3) is 0.250. The smallest absolute Gasteiger partial charge is 0.394 e. The molecule has 0 bridgehead atoms. The van der Waals surface area contributed by atoms with Crippen LogP contribution in [0.3, 0.4) is 0 Å². The second-order valence-corrected chi connectivity index (χ2v) is 5.26. The van der Waals surface area contributed by atoms with Gasteiger partial charge in [-0.3, -0.25) is 4.79 Å². The van der Waals surface area contributed by atoms with Crippen molar-refractivity contribution in [3.8, 4) is 0 Å². The number of hydrogen-bond acceptors (Lipinski definition) is 6. The van der Waals surface area contributed by atoms with E-state index in [2.05, 4.69) is 9.97 Å². The van der Waals surface area contributed by atoms with E-state index in [1.807, 2.05) is 5.32 Å². The Morgan fingerprint density at radius 2 is 2.17 bits per heavy atom. The molecule has 1 atom stereocenters. The first-order valence-electron chi connectivity index (χ1n) is 4.56. The number of carbonyl (C=O) groups is 3. The minimum Gasteiger partial charge on any atom is -0.480 e. The lowest BCUT2D eigenvalue weighted by atomic mass is 10.3. The third kappa shape index (κ3) is 4.67. The molecule has 0 spiro atoms. The number of carboxylic acids is 2. The third-order valence-corrected chi connectivity index (χ3v) is 3.85. The molecule has 1 aromatic heterocycles. The topological polar surface area (TPSA) is 132 Å².